The number of nitrogens with zero attached hydrogens (tertiary/aromatic N) is 3. The van der Waals surface area contributed by atoms with Crippen molar-refractivity contribution in [2.75, 3.05) is 25.9 Å². The van der Waals surface area contributed by atoms with Crippen molar-refractivity contribution in [2.45, 2.75) is 39.2 Å². The highest BCUT2D eigenvalue weighted by molar-refractivity contribution is 7.88. The average Bonchev–Trinajstić information content (AvgIpc) is 2.46. The van der Waals surface area contributed by atoms with Crippen molar-refractivity contribution < 1.29 is 8.42 Å². The Labute approximate surface area is 133 Å². The van der Waals surface area contributed by atoms with Crippen LogP contribution in [-0.2, 0) is 23.0 Å². The van der Waals surface area contributed by atoms with E-state index in [4.69, 9.17) is 0 Å². The summed E-state index contributed by atoms with van der Waals surface area (Å²) in [6.07, 6.45) is 7.13. The number of likely N-dealkylation sites (tertiary alicyclic amines) is 1. The van der Waals surface area contributed by atoms with Crippen LogP contribution in [-0.4, -0.2) is 49.2 Å². The van der Waals surface area contributed by atoms with E-state index in [1.54, 1.807) is 0 Å². The van der Waals surface area contributed by atoms with Gasteiger partial charge >= 0.3 is 0 Å². The van der Waals surface area contributed by atoms with Gasteiger partial charge in [0.2, 0.25) is 10.0 Å². The van der Waals surface area contributed by atoms with Crippen LogP contribution in [0.2, 0.25) is 0 Å². The first-order chi connectivity index (χ1) is 10.5. The molecule has 1 N–H and O–H groups in total. The van der Waals surface area contributed by atoms with Crippen molar-refractivity contribution in [3.8, 4) is 0 Å². The SMILES string of the molecule is CCc1nccc(CN2CCC[C@H](CCNS(C)(=O)=O)C2)n1. The summed E-state index contributed by atoms with van der Waals surface area (Å²) in [6.45, 7) is 5.54. The van der Waals surface area contributed by atoms with E-state index in [-0.39, 0.29) is 0 Å². The third-order valence-electron chi connectivity index (χ3n) is 3.98. The van der Waals surface area contributed by atoms with E-state index in [0.29, 0.717) is 12.5 Å². The lowest BCUT2D eigenvalue weighted by Gasteiger charge is -2.32. The molecule has 1 saturated heterocycles. The van der Waals surface area contributed by atoms with E-state index in [2.05, 4.69) is 26.5 Å². The normalized spacial score (nSPS) is 20.2. The summed E-state index contributed by atoms with van der Waals surface area (Å²) in [7, 11) is -3.08. The molecule has 1 aromatic rings. The fraction of sp³-hybridized carbons (Fsp3) is 0.733. The molecule has 1 aliphatic heterocycles. The monoisotopic (exact) mass is 326 g/mol. The van der Waals surface area contributed by atoms with E-state index in [1.807, 2.05) is 12.3 Å². The van der Waals surface area contributed by atoms with Gasteiger partial charge in [0.25, 0.3) is 0 Å². The molecule has 1 fully saturated rings. The minimum absolute atomic E-state index is 0.533. The van der Waals surface area contributed by atoms with Gasteiger partial charge in [0.1, 0.15) is 5.82 Å². The molecule has 2 heterocycles. The summed E-state index contributed by atoms with van der Waals surface area (Å²) in [4.78, 5) is 11.2. The van der Waals surface area contributed by atoms with E-state index in [9.17, 15) is 8.42 Å². The first kappa shape index (κ1) is 17.3. The molecule has 22 heavy (non-hydrogen) atoms. The molecule has 0 amide bonds. The highest BCUT2D eigenvalue weighted by atomic mass is 32.2. The Balaban J connectivity index is 1.82. The number of sulfonamides is 1. The number of nitrogens with one attached hydrogen (secondary N) is 1. The number of aromatic nitrogens is 2. The Morgan fingerprint density at radius 3 is 3.00 bits per heavy atom. The summed E-state index contributed by atoms with van der Waals surface area (Å²) < 4.78 is 24.8. The fourth-order valence-electron chi connectivity index (χ4n) is 2.91. The summed E-state index contributed by atoms with van der Waals surface area (Å²) in [5, 5.41) is 0. The molecule has 0 saturated carbocycles. The highest BCUT2D eigenvalue weighted by Crippen LogP contribution is 2.20. The van der Waals surface area contributed by atoms with Gasteiger partial charge in [0, 0.05) is 32.3 Å². The molecule has 1 aliphatic rings. The average molecular weight is 326 g/mol. The second-order valence-corrected chi connectivity index (χ2v) is 7.85. The summed E-state index contributed by atoms with van der Waals surface area (Å²) >= 11 is 0. The van der Waals surface area contributed by atoms with Gasteiger partial charge in [-0.2, -0.15) is 0 Å². The van der Waals surface area contributed by atoms with Crippen LogP contribution in [0.25, 0.3) is 0 Å². The van der Waals surface area contributed by atoms with Crippen LogP contribution in [0, 0.1) is 5.92 Å². The van der Waals surface area contributed by atoms with Gasteiger partial charge in [-0.15, -0.1) is 0 Å². The molecular formula is C15H26N4O2S. The molecule has 1 atom stereocenters. The molecule has 0 unspecified atom stereocenters. The zero-order valence-electron chi connectivity index (χ0n) is 13.5. The maximum absolute atomic E-state index is 11.1. The fourth-order valence-corrected chi connectivity index (χ4v) is 3.40. The molecule has 7 heteroatoms. The number of rotatable bonds is 7. The number of aryl methyl sites for hydroxylation is 1. The molecule has 124 valence electrons. The highest BCUT2D eigenvalue weighted by Gasteiger charge is 2.20. The van der Waals surface area contributed by atoms with Gasteiger partial charge in [-0.3, -0.25) is 4.90 Å². The maximum atomic E-state index is 11.1. The molecular weight excluding hydrogens is 300 g/mol. The number of hydrogen-bond donors (Lipinski definition) is 1. The molecule has 0 radical (unpaired) electrons. The minimum Gasteiger partial charge on any atom is -0.297 e. The predicted molar refractivity (Wildman–Crippen MR) is 86.9 cm³/mol. The predicted octanol–water partition coefficient (Wildman–Crippen LogP) is 1.19. The summed E-state index contributed by atoms with van der Waals surface area (Å²) in [5.41, 5.74) is 1.07. The largest absolute Gasteiger partial charge is 0.297 e. The van der Waals surface area contributed by atoms with Gasteiger partial charge in [-0.05, 0) is 37.8 Å². The Morgan fingerprint density at radius 1 is 1.45 bits per heavy atom. The molecule has 6 nitrogen and oxygen atoms in total. The van der Waals surface area contributed by atoms with Crippen molar-refractivity contribution in [2.24, 2.45) is 5.92 Å². The van der Waals surface area contributed by atoms with Crippen LogP contribution in [0.4, 0.5) is 0 Å². The van der Waals surface area contributed by atoms with Gasteiger partial charge in [0.05, 0.1) is 11.9 Å². The Kier molecular flexibility index (Phi) is 6.28. The van der Waals surface area contributed by atoms with Crippen molar-refractivity contribution in [1.82, 2.24) is 19.6 Å². The van der Waals surface area contributed by atoms with E-state index in [1.165, 1.54) is 12.7 Å². The quantitative estimate of drug-likeness (QED) is 0.814. The second kappa shape index (κ2) is 7.99. The van der Waals surface area contributed by atoms with E-state index >= 15 is 0 Å². The Bertz CT molecular complexity index is 577. The van der Waals surface area contributed by atoms with Crippen LogP contribution >= 0.6 is 0 Å². The van der Waals surface area contributed by atoms with Gasteiger partial charge < -0.3 is 0 Å². The van der Waals surface area contributed by atoms with Crippen LogP contribution < -0.4 is 4.72 Å². The smallest absolute Gasteiger partial charge is 0.208 e. The summed E-state index contributed by atoms with van der Waals surface area (Å²) in [6, 6.07) is 1.98. The zero-order valence-corrected chi connectivity index (χ0v) is 14.3. The van der Waals surface area contributed by atoms with Crippen LogP contribution in [0.3, 0.4) is 0 Å². The third kappa shape index (κ3) is 5.98. The van der Waals surface area contributed by atoms with Crippen LogP contribution in [0.5, 0.6) is 0 Å². The van der Waals surface area contributed by atoms with Gasteiger partial charge in [-0.25, -0.2) is 23.1 Å². The molecule has 0 aromatic carbocycles. The van der Waals surface area contributed by atoms with E-state index < -0.39 is 10.0 Å². The Hall–Kier alpha value is -1.05. The molecule has 0 aliphatic carbocycles. The first-order valence-corrected chi connectivity index (χ1v) is 9.83. The van der Waals surface area contributed by atoms with Crippen LogP contribution in [0.15, 0.2) is 12.3 Å². The van der Waals surface area contributed by atoms with Gasteiger partial charge in [0.15, 0.2) is 0 Å². The standard InChI is InChI=1S/C15H26N4O2S/c1-3-15-16-8-7-14(18-15)12-19-10-4-5-13(11-19)6-9-17-22(2,20)21/h7-8,13,17H,3-6,9-12H2,1-2H3/t13-/m1/s1. The third-order valence-corrected chi connectivity index (χ3v) is 4.71. The second-order valence-electron chi connectivity index (χ2n) is 6.02. The van der Waals surface area contributed by atoms with Crippen molar-refractivity contribution in [1.29, 1.82) is 0 Å². The molecule has 0 bridgehead atoms. The molecule has 1 aromatic heterocycles. The first-order valence-electron chi connectivity index (χ1n) is 7.94. The molecule has 2 rings (SSSR count). The van der Waals surface area contributed by atoms with Crippen molar-refractivity contribution >= 4 is 10.0 Å². The van der Waals surface area contributed by atoms with Gasteiger partial charge in [-0.1, -0.05) is 6.92 Å². The lowest BCUT2D eigenvalue weighted by atomic mass is 9.95. The topological polar surface area (TPSA) is 75.2 Å². The maximum Gasteiger partial charge on any atom is 0.208 e. The summed E-state index contributed by atoms with van der Waals surface area (Å²) in [5.74, 6) is 1.44. The lowest BCUT2D eigenvalue weighted by Crippen LogP contribution is -2.36. The number of piperidine rings is 1. The van der Waals surface area contributed by atoms with Crippen molar-refractivity contribution in [3.63, 3.8) is 0 Å². The zero-order chi connectivity index (χ0) is 16.0. The van der Waals surface area contributed by atoms with Crippen LogP contribution in [0.1, 0.15) is 37.7 Å². The van der Waals surface area contributed by atoms with Crippen molar-refractivity contribution in [3.05, 3.63) is 23.8 Å². The number of hydrogen-bond acceptors (Lipinski definition) is 5. The lowest BCUT2D eigenvalue weighted by molar-refractivity contribution is 0.160. The molecule has 0 spiro atoms. The minimum atomic E-state index is -3.08. The van der Waals surface area contributed by atoms with E-state index in [0.717, 1.165) is 50.4 Å². The Morgan fingerprint density at radius 2 is 2.27 bits per heavy atom.